The third-order valence-electron chi connectivity index (χ3n) is 6.49. The lowest BCUT2D eigenvalue weighted by Crippen LogP contribution is -2.34. The molecule has 0 spiro atoms. The van der Waals surface area contributed by atoms with Gasteiger partial charge in [0.15, 0.2) is 11.6 Å². The Morgan fingerprint density at radius 2 is 1.76 bits per heavy atom. The van der Waals surface area contributed by atoms with E-state index in [1.165, 1.54) is 0 Å². The second-order valence-electron chi connectivity index (χ2n) is 8.88. The molecule has 7 nitrogen and oxygen atoms in total. The third-order valence-corrected chi connectivity index (χ3v) is 7.98. The Labute approximate surface area is 224 Å². The fraction of sp³-hybridized carbons (Fsp3) is 0.214. The number of halogens is 1. The topological polar surface area (TPSA) is 76.1 Å². The highest BCUT2D eigenvalue weighted by Gasteiger charge is 2.21. The van der Waals surface area contributed by atoms with E-state index in [2.05, 4.69) is 66.8 Å². The molecule has 3 aromatic heterocycles. The predicted molar refractivity (Wildman–Crippen MR) is 151 cm³/mol. The largest absolute Gasteiger partial charge is 0.495 e. The number of pyridine rings is 2. The van der Waals surface area contributed by atoms with Gasteiger partial charge in [-0.05, 0) is 43.2 Å². The lowest BCUT2D eigenvalue weighted by atomic mass is 10.1. The molecule has 0 atom stereocenters. The molecule has 186 valence electrons. The van der Waals surface area contributed by atoms with Crippen molar-refractivity contribution in [3.63, 3.8) is 0 Å². The summed E-state index contributed by atoms with van der Waals surface area (Å²) in [5, 5.41) is 15.0. The van der Waals surface area contributed by atoms with E-state index in [1.807, 2.05) is 24.3 Å². The van der Waals surface area contributed by atoms with E-state index in [0.29, 0.717) is 5.75 Å². The molecule has 0 bridgehead atoms. The molecule has 4 heterocycles. The zero-order valence-electron chi connectivity index (χ0n) is 20.3. The van der Waals surface area contributed by atoms with Crippen LogP contribution in [0.1, 0.15) is 12.8 Å². The molecule has 1 saturated heterocycles. The summed E-state index contributed by atoms with van der Waals surface area (Å²) in [4.78, 5) is 13.4. The third kappa shape index (κ3) is 4.99. The summed E-state index contributed by atoms with van der Waals surface area (Å²) < 4.78 is 5.28. The molecule has 6 rings (SSSR count). The number of benzene rings is 2. The van der Waals surface area contributed by atoms with E-state index in [0.717, 1.165) is 74.9 Å². The highest BCUT2D eigenvalue weighted by molar-refractivity contribution is 7.99. The predicted octanol–water partition coefficient (Wildman–Crippen LogP) is 6.68. The molecule has 9 heteroatoms. The van der Waals surface area contributed by atoms with Crippen LogP contribution in [0, 0.1) is 0 Å². The average Bonchev–Trinajstić information content (AvgIpc) is 2.95. The summed E-state index contributed by atoms with van der Waals surface area (Å²) >= 11 is 7.96. The number of ether oxygens (including phenoxy) is 1. The van der Waals surface area contributed by atoms with Crippen LogP contribution < -0.4 is 15.0 Å². The normalized spacial score (nSPS) is 14.3. The molecular weight excluding hydrogens is 504 g/mol. The van der Waals surface area contributed by atoms with Crippen molar-refractivity contribution >= 4 is 62.5 Å². The molecule has 1 aliphatic rings. The minimum atomic E-state index is 0.245. The maximum atomic E-state index is 6.31. The Morgan fingerprint density at radius 3 is 2.54 bits per heavy atom. The van der Waals surface area contributed by atoms with E-state index in [1.54, 1.807) is 31.3 Å². The number of nitrogens with one attached hydrogen (secondary N) is 1. The maximum absolute atomic E-state index is 6.31. The number of hydrogen-bond donors (Lipinski definition) is 1. The van der Waals surface area contributed by atoms with Gasteiger partial charge in [0.05, 0.1) is 18.8 Å². The van der Waals surface area contributed by atoms with E-state index < -0.39 is 0 Å². The van der Waals surface area contributed by atoms with Crippen molar-refractivity contribution in [3.05, 3.63) is 73.1 Å². The van der Waals surface area contributed by atoms with Crippen LogP contribution in [0.5, 0.6) is 5.75 Å². The van der Waals surface area contributed by atoms with Gasteiger partial charge >= 0.3 is 0 Å². The minimum absolute atomic E-state index is 0.245. The van der Waals surface area contributed by atoms with Crippen molar-refractivity contribution in [1.29, 1.82) is 0 Å². The first-order valence-corrected chi connectivity index (χ1v) is 13.4. The van der Waals surface area contributed by atoms with E-state index in [9.17, 15) is 0 Å². The second-order valence-corrected chi connectivity index (χ2v) is 10.6. The van der Waals surface area contributed by atoms with Crippen molar-refractivity contribution < 1.29 is 4.74 Å². The van der Waals surface area contributed by atoms with Gasteiger partial charge in [-0.2, -0.15) is 0 Å². The van der Waals surface area contributed by atoms with Gasteiger partial charge in [-0.15, -0.1) is 21.8 Å². The molecule has 5 aromatic rings. The van der Waals surface area contributed by atoms with Crippen LogP contribution in [0.15, 0.2) is 82.8 Å². The summed E-state index contributed by atoms with van der Waals surface area (Å²) in [5.41, 5.74) is 2.61. The van der Waals surface area contributed by atoms with Crippen LogP contribution in [0.3, 0.4) is 0 Å². The van der Waals surface area contributed by atoms with Gasteiger partial charge in [0.1, 0.15) is 11.3 Å². The number of anilines is 3. The number of aromatic nitrogens is 4. The number of hydrogen-bond acceptors (Lipinski definition) is 8. The van der Waals surface area contributed by atoms with Crippen molar-refractivity contribution in [2.24, 2.45) is 0 Å². The van der Waals surface area contributed by atoms with Crippen LogP contribution in [0.25, 0.3) is 21.8 Å². The Hall–Kier alpha value is -3.62. The Kier molecular flexibility index (Phi) is 6.68. The summed E-state index contributed by atoms with van der Waals surface area (Å²) in [6, 6.07) is 20.4. The van der Waals surface area contributed by atoms with Crippen molar-refractivity contribution in [2.75, 3.05) is 30.4 Å². The van der Waals surface area contributed by atoms with E-state index >= 15 is 0 Å². The van der Waals surface area contributed by atoms with Crippen LogP contribution >= 0.6 is 23.4 Å². The van der Waals surface area contributed by atoms with Gasteiger partial charge in [-0.25, -0.2) is 4.98 Å². The number of methoxy groups -OCH3 is 1. The highest BCUT2D eigenvalue weighted by atomic mass is 35.5. The summed E-state index contributed by atoms with van der Waals surface area (Å²) in [6.45, 7) is 1.79. The molecule has 2 aromatic carbocycles. The number of alkyl halides is 1. The summed E-state index contributed by atoms with van der Waals surface area (Å²) in [6.07, 6.45) is 5.44. The van der Waals surface area contributed by atoms with Crippen molar-refractivity contribution in [1.82, 2.24) is 20.2 Å². The minimum Gasteiger partial charge on any atom is -0.495 e. The number of piperidine rings is 1. The molecule has 0 saturated carbocycles. The Balaban J connectivity index is 1.22. The van der Waals surface area contributed by atoms with Crippen LogP contribution in [0.2, 0.25) is 0 Å². The van der Waals surface area contributed by atoms with Gasteiger partial charge in [-0.1, -0.05) is 36.0 Å². The van der Waals surface area contributed by atoms with E-state index in [4.69, 9.17) is 16.3 Å². The zero-order valence-corrected chi connectivity index (χ0v) is 21.8. The van der Waals surface area contributed by atoms with Gasteiger partial charge < -0.3 is 15.0 Å². The van der Waals surface area contributed by atoms with Crippen LogP contribution in [0.4, 0.5) is 17.3 Å². The maximum Gasteiger partial charge on any atom is 0.161 e. The lowest BCUT2D eigenvalue weighted by molar-refractivity contribution is 0.413. The quantitative estimate of drug-likeness (QED) is 0.244. The monoisotopic (exact) mass is 528 g/mol. The van der Waals surface area contributed by atoms with Gasteiger partial charge in [0.25, 0.3) is 0 Å². The first-order valence-electron chi connectivity index (χ1n) is 12.2. The molecule has 0 radical (unpaired) electrons. The SMILES string of the molecule is COc1cnc2c(Sc3ccc(Nc4nnc(N5CCC(Cl)CC5)c5ccccc45)cc3)ccnc2c1. The summed E-state index contributed by atoms with van der Waals surface area (Å²) in [5.74, 6) is 2.36. The van der Waals surface area contributed by atoms with Crippen molar-refractivity contribution in [3.8, 4) is 5.75 Å². The number of rotatable bonds is 6. The highest BCUT2D eigenvalue weighted by Crippen LogP contribution is 2.35. The fourth-order valence-corrected chi connectivity index (χ4v) is 5.63. The fourth-order valence-electron chi connectivity index (χ4n) is 4.53. The van der Waals surface area contributed by atoms with Gasteiger partial charge in [0.2, 0.25) is 0 Å². The first-order chi connectivity index (χ1) is 18.2. The Bertz CT molecular complexity index is 1560. The molecule has 1 fully saturated rings. The average molecular weight is 529 g/mol. The van der Waals surface area contributed by atoms with Gasteiger partial charge in [-0.3, -0.25) is 4.98 Å². The van der Waals surface area contributed by atoms with Crippen molar-refractivity contribution in [2.45, 2.75) is 28.0 Å². The van der Waals surface area contributed by atoms with E-state index in [-0.39, 0.29) is 5.38 Å². The second kappa shape index (κ2) is 10.4. The Morgan fingerprint density at radius 1 is 0.973 bits per heavy atom. The zero-order chi connectivity index (χ0) is 25.2. The molecule has 1 N–H and O–H groups in total. The molecule has 1 aliphatic heterocycles. The van der Waals surface area contributed by atoms with Crippen LogP contribution in [-0.2, 0) is 0 Å². The lowest BCUT2D eigenvalue weighted by Gasteiger charge is -2.30. The molecule has 0 unspecified atom stereocenters. The first kappa shape index (κ1) is 23.8. The number of nitrogens with zero attached hydrogens (tertiary/aromatic N) is 5. The van der Waals surface area contributed by atoms with Gasteiger partial charge in [0, 0.05) is 57.0 Å². The summed E-state index contributed by atoms with van der Waals surface area (Å²) in [7, 11) is 1.63. The molecular formula is C28H25ClN6OS. The molecule has 37 heavy (non-hydrogen) atoms. The standard InChI is InChI=1S/C28H25ClN6OS/c1-36-20-16-24-26(31-17-20)25(10-13-30-24)37-21-8-6-19(7-9-21)32-27-22-4-2-3-5-23(22)28(34-33-27)35-14-11-18(29)12-15-35/h2-10,13,16-18H,11-12,14-15H2,1H3,(H,32,33). The number of fused-ring (bicyclic) bond motifs is 2. The smallest absolute Gasteiger partial charge is 0.161 e. The molecule has 0 aliphatic carbocycles. The molecule has 0 amide bonds. The van der Waals surface area contributed by atoms with Crippen LogP contribution in [-0.4, -0.2) is 45.7 Å².